The van der Waals surface area contributed by atoms with E-state index in [-0.39, 0.29) is 23.6 Å². The van der Waals surface area contributed by atoms with Crippen LogP contribution in [0.5, 0.6) is 0 Å². The van der Waals surface area contributed by atoms with E-state index in [4.69, 9.17) is 4.42 Å². The van der Waals surface area contributed by atoms with Gasteiger partial charge in [0.15, 0.2) is 0 Å². The average molecular weight is 507 g/mol. The second-order valence-corrected chi connectivity index (χ2v) is 19.1. The quantitative estimate of drug-likeness (QED) is 0.480. The van der Waals surface area contributed by atoms with Crippen molar-refractivity contribution in [2.24, 2.45) is 0 Å². The van der Waals surface area contributed by atoms with Gasteiger partial charge in [-0.25, -0.2) is 0 Å². The fraction of sp³-hybridized carbons (Fsp3) is 0.318. The third kappa shape index (κ3) is 4.29. The summed E-state index contributed by atoms with van der Waals surface area (Å²) < 4.78 is 45.4. The molecule has 1 aliphatic rings. The van der Waals surface area contributed by atoms with Crippen molar-refractivity contribution in [2.45, 2.75) is 24.0 Å². The topological polar surface area (TPSA) is 96.6 Å². The number of aliphatic hydroxyl groups excluding tert-OH is 1. The first-order chi connectivity index (χ1) is 14.7. The summed E-state index contributed by atoms with van der Waals surface area (Å²) in [7, 11) is -1.81. The van der Waals surface area contributed by atoms with Crippen LogP contribution in [0.3, 0.4) is 0 Å². The number of aliphatic hydroxyl groups is 1. The molecule has 0 bridgehead atoms. The van der Waals surface area contributed by atoms with E-state index in [9.17, 15) is 22.7 Å². The Labute approximate surface area is 183 Å². The van der Waals surface area contributed by atoms with Crippen LogP contribution in [-0.4, -0.2) is 52.8 Å². The number of hydrogen-bond acceptors (Lipinski definition) is 5. The van der Waals surface area contributed by atoms with Gasteiger partial charge in [0.05, 0.1) is 0 Å². The fourth-order valence-electron chi connectivity index (χ4n) is 3.80. The van der Waals surface area contributed by atoms with Gasteiger partial charge in [0.1, 0.15) is 0 Å². The van der Waals surface area contributed by atoms with Gasteiger partial charge < -0.3 is 0 Å². The summed E-state index contributed by atoms with van der Waals surface area (Å²) in [6.45, 7) is -0.197. The molecule has 9 heteroatoms. The average Bonchev–Trinajstić information content (AvgIpc) is 3.51. The number of nitrogens with one attached hydrogen (secondary N) is 1. The molecule has 1 amide bonds. The second kappa shape index (κ2) is 8.41. The summed E-state index contributed by atoms with van der Waals surface area (Å²) in [5, 5.41) is 13.0. The molecule has 1 aliphatic carbocycles. The van der Waals surface area contributed by atoms with Crippen LogP contribution in [0.25, 0.3) is 22.3 Å². The Hall–Kier alpha value is -2.15. The fourth-order valence-corrected chi connectivity index (χ4v) is 12.6. The maximum atomic E-state index is 13.4. The zero-order chi connectivity index (χ0) is 22.3. The van der Waals surface area contributed by atoms with Crippen LogP contribution < -0.4 is 9.67 Å². The predicted molar refractivity (Wildman–Crippen MR) is 119 cm³/mol. The molecule has 1 atom stereocenters. The van der Waals surface area contributed by atoms with Crippen LogP contribution in [0.1, 0.15) is 34.7 Å². The molecule has 1 saturated carbocycles. The Morgan fingerprint density at radius 2 is 1.94 bits per heavy atom. The van der Waals surface area contributed by atoms with Gasteiger partial charge in [-0.3, -0.25) is 0 Å². The van der Waals surface area contributed by atoms with Crippen molar-refractivity contribution >= 4 is 42.8 Å². The molecule has 1 unspecified atom stereocenters. The third-order valence-corrected chi connectivity index (χ3v) is 16.4. The van der Waals surface area contributed by atoms with Crippen LogP contribution in [0, 0.1) is 5.82 Å². The number of carbonyl (C=O) groups is 1. The van der Waals surface area contributed by atoms with Crippen LogP contribution in [0.15, 0.2) is 40.8 Å². The molecule has 0 aliphatic heterocycles. The van der Waals surface area contributed by atoms with Crippen LogP contribution >= 0.6 is 0 Å². The Balaban J connectivity index is 2.00. The van der Waals surface area contributed by atoms with Gasteiger partial charge in [-0.1, -0.05) is 0 Å². The molecule has 2 N–H and O–H groups in total. The first-order valence-corrected chi connectivity index (χ1v) is 16.3. The SMILES string of the molecule is CNC(=O)c1c(-c2ccc(F)cc2)oc2cc([As](CCO)S(C)(=O)=O)c(C3CC3)cc12. The van der Waals surface area contributed by atoms with E-state index in [0.717, 1.165) is 22.8 Å². The second-order valence-electron chi connectivity index (χ2n) is 7.63. The van der Waals surface area contributed by atoms with E-state index in [1.54, 1.807) is 18.2 Å². The number of halogens is 1. The Morgan fingerprint density at radius 1 is 1.26 bits per heavy atom. The van der Waals surface area contributed by atoms with Gasteiger partial charge in [-0.15, -0.1) is 0 Å². The van der Waals surface area contributed by atoms with E-state index < -0.39 is 27.4 Å². The minimum absolute atomic E-state index is 0.197. The van der Waals surface area contributed by atoms with Crippen molar-refractivity contribution in [1.82, 2.24) is 5.32 Å². The summed E-state index contributed by atoms with van der Waals surface area (Å²) in [5.74, 6) is -0.168. The first-order valence-electron chi connectivity index (χ1n) is 9.91. The number of carbonyl (C=O) groups excluding carboxylic acids is 1. The van der Waals surface area contributed by atoms with Gasteiger partial charge in [0, 0.05) is 0 Å². The summed E-state index contributed by atoms with van der Waals surface area (Å²) in [5.41, 5.74) is 2.25. The zero-order valence-electron chi connectivity index (χ0n) is 17.2. The summed E-state index contributed by atoms with van der Waals surface area (Å²) in [6, 6.07) is 9.31. The molecule has 4 rings (SSSR count). The van der Waals surface area contributed by atoms with Gasteiger partial charge in [0.25, 0.3) is 0 Å². The number of amides is 1. The van der Waals surface area contributed by atoms with Crippen molar-refractivity contribution < 1.29 is 27.1 Å². The van der Waals surface area contributed by atoms with E-state index >= 15 is 0 Å². The van der Waals surface area contributed by atoms with E-state index in [0.29, 0.717) is 27.9 Å². The number of fused-ring (bicyclic) bond motifs is 1. The molecule has 0 spiro atoms. The normalized spacial score (nSPS) is 15.2. The zero-order valence-corrected chi connectivity index (χ0v) is 19.9. The van der Waals surface area contributed by atoms with Crippen LogP contribution in [0.4, 0.5) is 4.39 Å². The molecule has 31 heavy (non-hydrogen) atoms. The number of rotatable bonds is 7. The molecule has 1 heterocycles. The molecule has 3 aromatic rings. The summed E-state index contributed by atoms with van der Waals surface area (Å²) in [4.78, 5) is 12.8. The first kappa shape index (κ1) is 22.1. The molecule has 1 fully saturated rings. The molecular weight excluding hydrogens is 484 g/mol. The minimum atomic E-state index is -3.34. The standard InChI is InChI=1S/C22H23AsFNO5S/c1-25-22(27)20-17-11-16(13-3-4-13)18(23(9-10-26)31(2,28)29)12-19(17)30-21(20)14-5-7-15(24)8-6-14/h5-8,11-13,26H,3-4,9-10H2,1-2H3,(H,25,27). The molecule has 6 nitrogen and oxygen atoms in total. The molecular formula is C22H23AsFNO5S. The monoisotopic (exact) mass is 507 g/mol. The van der Waals surface area contributed by atoms with Crippen molar-refractivity contribution in [2.75, 3.05) is 19.9 Å². The molecule has 164 valence electrons. The van der Waals surface area contributed by atoms with Gasteiger partial charge >= 0.3 is 184 Å². The third-order valence-electron chi connectivity index (χ3n) is 5.39. The van der Waals surface area contributed by atoms with E-state index in [1.807, 2.05) is 6.07 Å². The Morgan fingerprint density at radius 3 is 2.48 bits per heavy atom. The van der Waals surface area contributed by atoms with E-state index in [2.05, 4.69) is 5.32 Å². The van der Waals surface area contributed by atoms with Gasteiger partial charge in [-0.2, -0.15) is 0 Å². The molecule has 0 saturated heterocycles. The number of hydrogen-bond donors (Lipinski definition) is 2. The van der Waals surface area contributed by atoms with Crippen molar-refractivity contribution in [1.29, 1.82) is 0 Å². The Kier molecular flexibility index (Phi) is 5.99. The molecule has 2 aromatic carbocycles. The van der Waals surface area contributed by atoms with Crippen molar-refractivity contribution in [3.8, 4) is 11.3 Å². The summed E-state index contributed by atoms with van der Waals surface area (Å²) in [6.07, 6.45) is 3.15. The van der Waals surface area contributed by atoms with Crippen molar-refractivity contribution in [3.63, 3.8) is 0 Å². The van der Waals surface area contributed by atoms with Gasteiger partial charge in [-0.05, 0) is 0 Å². The Bertz CT molecular complexity index is 1250. The van der Waals surface area contributed by atoms with E-state index in [1.165, 1.54) is 25.4 Å². The van der Waals surface area contributed by atoms with Crippen molar-refractivity contribution in [3.05, 3.63) is 53.3 Å². The van der Waals surface area contributed by atoms with Gasteiger partial charge in [0.2, 0.25) is 0 Å². The molecule has 1 aromatic heterocycles. The maximum absolute atomic E-state index is 13.4. The van der Waals surface area contributed by atoms with Crippen LogP contribution in [0.2, 0.25) is 5.21 Å². The summed E-state index contributed by atoms with van der Waals surface area (Å²) >= 11 is -2.63. The van der Waals surface area contributed by atoms with Crippen LogP contribution in [-0.2, 0) is 8.10 Å². The number of furan rings is 1. The number of benzene rings is 2. The molecule has 0 radical (unpaired) electrons. The predicted octanol–water partition coefficient (Wildman–Crippen LogP) is 2.71.